The van der Waals surface area contributed by atoms with E-state index in [0.717, 1.165) is 5.56 Å². The lowest BCUT2D eigenvalue weighted by Crippen LogP contribution is -1.95. The van der Waals surface area contributed by atoms with Gasteiger partial charge in [0.1, 0.15) is 11.6 Å². The van der Waals surface area contributed by atoms with Gasteiger partial charge < -0.3 is 10.5 Å². The highest BCUT2D eigenvalue weighted by Crippen LogP contribution is 2.24. The smallest absolute Gasteiger partial charge is 0.322 e. The van der Waals surface area contributed by atoms with E-state index in [0.29, 0.717) is 11.4 Å². The molecule has 2 heterocycles. The van der Waals surface area contributed by atoms with Crippen molar-refractivity contribution in [3.05, 3.63) is 48.7 Å². The average Bonchev–Trinajstić information content (AvgIpc) is 2.97. The largest absolute Gasteiger partial charge is 0.424 e. The average molecular weight is 271 g/mol. The molecule has 0 unspecified atom stereocenters. The fourth-order valence-electron chi connectivity index (χ4n) is 1.63. The molecule has 20 heavy (non-hydrogen) atoms. The van der Waals surface area contributed by atoms with Gasteiger partial charge in [0.15, 0.2) is 0 Å². The molecule has 0 amide bonds. The molecule has 0 saturated carbocycles. The molecular formula is C13H10FN5O. The van der Waals surface area contributed by atoms with Crippen molar-refractivity contribution in [3.63, 3.8) is 0 Å². The van der Waals surface area contributed by atoms with Crippen LogP contribution in [0.5, 0.6) is 11.8 Å². The van der Waals surface area contributed by atoms with Crippen molar-refractivity contribution < 1.29 is 9.13 Å². The normalized spacial score (nSPS) is 10.4. The van der Waals surface area contributed by atoms with Crippen LogP contribution in [0.3, 0.4) is 0 Å². The standard InChI is InChI=1S/C13H10FN5O/c14-10-2-1-9(5-11(10)15)20-13-16-4-3-12(19-13)8-6-17-18-7-8/h1-7H,15H2,(H,17,18). The zero-order chi connectivity index (χ0) is 13.9. The van der Waals surface area contributed by atoms with E-state index in [1.165, 1.54) is 18.2 Å². The first-order valence-corrected chi connectivity index (χ1v) is 5.77. The maximum Gasteiger partial charge on any atom is 0.322 e. The first-order valence-electron chi connectivity index (χ1n) is 5.77. The second-order valence-corrected chi connectivity index (χ2v) is 4.00. The predicted molar refractivity (Wildman–Crippen MR) is 70.5 cm³/mol. The number of aromatic amines is 1. The molecule has 0 aliphatic carbocycles. The van der Waals surface area contributed by atoms with Gasteiger partial charge in [-0.25, -0.2) is 9.37 Å². The highest BCUT2D eigenvalue weighted by atomic mass is 19.1. The highest BCUT2D eigenvalue weighted by molar-refractivity contribution is 5.56. The van der Waals surface area contributed by atoms with Crippen LogP contribution in [0.15, 0.2) is 42.9 Å². The zero-order valence-electron chi connectivity index (χ0n) is 10.2. The molecule has 0 spiro atoms. The molecule has 3 rings (SSSR count). The van der Waals surface area contributed by atoms with E-state index < -0.39 is 5.82 Å². The summed E-state index contributed by atoms with van der Waals surface area (Å²) in [5.74, 6) is -0.126. The van der Waals surface area contributed by atoms with E-state index in [1.807, 2.05) is 0 Å². The SMILES string of the molecule is Nc1cc(Oc2nccc(-c3cn[nH]c3)n2)ccc1F. The van der Waals surface area contributed by atoms with Gasteiger partial charge in [0.25, 0.3) is 0 Å². The number of nitrogens with zero attached hydrogens (tertiary/aromatic N) is 3. The fraction of sp³-hybridized carbons (Fsp3) is 0. The molecule has 6 nitrogen and oxygen atoms in total. The number of ether oxygens (including phenoxy) is 1. The summed E-state index contributed by atoms with van der Waals surface area (Å²) in [6, 6.07) is 5.94. The second kappa shape index (κ2) is 4.96. The van der Waals surface area contributed by atoms with Gasteiger partial charge in [0.2, 0.25) is 0 Å². The van der Waals surface area contributed by atoms with Crippen LogP contribution in [-0.2, 0) is 0 Å². The number of aromatic nitrogens is 4. The van der Waals surface area contributed by atoms with Gasteiger partial charge >= 0.3 is 6.01 Å². The molecule has 7 heteroatoms. The van der Waals surface area contributed by atoms with Gasteiger partial charge in [-0.2, -0.15) is 10.1 Å². The second-order valence-electron chi connectivity index (χ2n) is 4.00. The molecule has 0 atom stereocenters. The Bertz CT molecular complexity index is 729. The molecule has 0 aliphatic heterocycles. The van der Waals surface area contributed by atoms with Crippen molar-refractivity contribution >= 4 is 5.69 Å². The third-order valence-electron chi connectivity index (χ3n) is 2.60. The quantitative estimate of drug-likeness (QED) is 0.714. The summed E-state index contributed by atoms with van der Waals surface area (Å²) in [5.41, 5.74) is 6.96. The Hall–Kier alpha value is -2.96. The number of hydrogen-bond donors (Lipinski definition) is 2. The first-order chi connectivity index (χ1) is 9.72. The minimum Gasteiger partial charge on any atom is -0.424 e. The molecule has 0 radical (unpaired) electrons. The Morgan fingerprint density at radius 2 is 2.15 bits per heavy atom. The van der Waals surface area contributed by atoms with E-state index in [1.54, 1.807) is 24.7 Å². The number of hydrogen-bond acceptors (Lipinski definition) is 5. The summed E-state index contributed by atoms with van der Waals surface area (Å²) < 4.78 is 18.5. The van der Waals surface area contributed by atoms with E-state index in [2.05, 4.69) is 20.2 Å². The predicted octanol–water partition coefficient (Wildman–Crippen LogP) is 2.38. The van der Waals surface area contributed by atoms with E-state index >= 15 is 0 Å². The topological polar surface area (TPSA) is 89.7 Å². The third kappa shape index (κ3) is 2.41. The van der Waals surface area contributed by atoms with Crippen molar-refractivity contribution in [2.75, 3.05) is 5.73 Å². The Morgan fingerprint density at radius 3 is 2.90 bits per heavy atom. The van der Waals surface area contributed by atoms with Crippen LogP contribution < -0.4 is 10.5 Å². The zero-order valence-corrected chi connectivity index (χ0v) is 10.2. The van der Waals surface area contributed by atoms with Gasteiger partial charge in [-0.1, -0.05) is 0 Å². The number of H-pyrrole nitrogens is 1. The molecule has 3 N–H and O–H groups in total. The van der Waals surface area contributed by atoms with Crippen molar-refractivity contribution in [1.29, 1.82) is 0 Å². The Morgan fingerprint density at radius 1 is 1.25 bits per heavy atom. The lowest BCUT2D eigenvalue weighted by molar-refractivity contribution is 0.441. The maximum absolute atomic E-state index is 13.1. The van der Waals surface area contributed by atoms with Gasteiger partial charge in [-0.3, -0.25) is 5.10 Å². The number of rotatable bonds is 3. The summed E-state index contributed by atoms with van der Waals surface area (Å²) in [7, 11) is 0. The van der Waals surface area contributed by atoms with Crippen LogP contribution in [0, 0.1) is 5.82 Å². The minimum absolute atomic E-state index is 0.00786. The summed E-state index contributed by atoms with van der Waals surface area (Å²) >= 11 is 0. The van der Waals surface area contributed by atoms with Crippen molar-refractivity contribution in [1.82, 2.24) is 20.2 Å². The Balaban J connectivity index is 1.87. The summed E-state index contributed by atoms with van der Waals surface area (Å²) in [4.78, 5) is 8.23. The van der Waals surface area contributed by atoms with E-state index in [9.17, 15) is 4.39 Å². The lowest BCUT2D eigenvalue weighted by Gasteiger charge is -2.05. The van der Waals surface area contributed by atoms with Gasteiger partial charge in [0.05, 0.1) is 17.6 Å². The van der Waals surface area contributed by atoms with E-state index in [4.69, 9.17) is 10.5 Å². The third-order valence-corrected chi connectivity index (χ3v) is 2.60. The molecule has 0 saturated heterocycles. The van der Waals surface area contributed by atoms with Crippen molar-refractivity contribution in [3.8, 4) is 23.0 Å². The van der Waals surface area contributed by atoms with Crippen LogP contribution in [-0.4, -0.2) is 20.2 Å². The van der Waals surface area contributed by atoms with Gasteiger partial charge in [-0.05, 0) is 18.2 Å². The molecule has 0 aliphatic rings. The maximum atomic E-state index is 13.1. The monoisotopic (exact) mass is 271 g/mol. The first kappa shape index (κ1) is 12.1. The highest BCUT2D eigenvalue weighted by Gasteiger charge is 2.06. The molecule has 2 aromatic heterocycles. The molecular weight excluding hydrogens is 261 g/mol. The Kier molecular flexibility index (Phi) is 3.00. The Labute approximate surface area is 113 Å². The van der Waals surface area contributed by atoms with Crippen LogP contribution in [0.4, 0.5) is 10.1 Å². The lowest BCUT2D eigenvalue weighted by atomic mass is 10.2. The summed E-state index contributed by atoms with van der Waals surface area (Å²) in [6.07, 6.45) is 4.92. The molecule has 0 fully saturated rings. The molecule has 0 bridgehead atoms. The van der Waals surface area contributed by atoms with Gasteiger partial charge in [0, 0.05) is 24.0 Å². The van der Waals surface area contributed by atoms with E-state index in [-0.39, 0.29) is 11.7 Å². The molecule has 100 valence electrons. The van der Waals surface area contributed by atoms with Crippen LogP contribution in [0.25, 0.3) is 11.3 Å². The number of anilines is 1. The number of halogens is 1. The molecule has 1 aromatic carbocycles. The number of nitrogen functional groups attached to an aromatic ring is 1. The number of nitrogens with one attached hydrogen (secondary N) is 1. The summed E-state index contributed by atoms with van der Waals surface area (Å²) in [5, 5.41) is 6.55. The number of benzene rings is 1. The van der Waals surface area contributed by atoms with Crippen molar-refractivity contribution in [2.24, 2.45) is 0 Å². The number of nitrogens with two attached hydrogens (primary N) is 1. The summed E-state index contributed by atoms with van der Waals surface area (Å²) in [6.45, 7) is 0. The fourth-order valence-corrected chi connectivity index (χ4v) is 1.63. The van der Waals surface area contributed by atoms with Crippen LogP contribution in [0.2, 0.25) is 0 Å². The minimum atomic E-state index is -0.495. The van der Waals surface area contributed by atoms with Crippen LogP contribution >= 0.6 is 0 Å². The van der Waals surface area contributed by atoms with Crippen LogP contribution in [0.1, 0.15) is 0 Å². The van der Waals surface area contributed by atoms with Crippen molar-refractivity contribution in [2.45, 2.75) is 0 Å². The molecule has 3 aromatic rings. The van der Waals surface area contributed by atoms with Gasteiger partial charge in [-0.15, -0.1) is 0 Å².